The molecule has 8 heteroatoms. The zero-order chi connectivity index (χ0) is 16.9. The fraction of sp³-hybridized carbons (Fsp3) is 0.312. The molecule has 2 aromatic rings. The molecule has 1 fully saturated rings. The van der Waals surface area contributed by atoms with Crippen LogP contribution < -0.4 is 9.64 Å². The molecule has 1 saturated heterocycles. The van der Waals surface area contributed by atoms with Crippen molar-refractivity contribution >= 4 is 11.7 Å². The molecule has 0 atom stereocenters. The van der Waals surface area contributed by atoms with Gasteiger partial charge in [0.25, 0.3) is 5.91 Å². The van der Waals surface area contributed by atoms with Crippen LogP contribution >= 0.6 is 0 Å². The van der Waals surface area contributed by atoms with E-state index in [2.05, 4.69) is 19.9 Å². The molecule has 8 nitrogen and oxygen atoms in total. The first-order valence-electron chi connectivity index (χ1n) is 7.47. The lowest BCUT2D eigenvalue weighted by atomic mass is 10.2. The van der Waals surface area contributed by atoms with E-state index < -0.39 is 0 Å². The molecule has 0 aliphatic carbocycles. The predicted octanol–water partition coefficient (Wildman–Crippen LogP) is 0.714. The third-order valence-corrected chi connectivity index (χ3v) is 3.81. The minimum atomic E-state index is -0.158. The predicted molar refractivity (Wildman–Crippen MR) is 85.7 cm³/mol. The highest BCUT2D eigenvalue weighted by atomic mass is 16.5. The fourth-order valence-electron chi connectivity index (χ4n) is 2.49. The van der Waals surface area contributed by atoms with Gasteiger partial charge in [-0.05, 0) is 12.1 Å². The maximum Gasteiger partial charge on any atom is 0.274 e. The number of pyridine rings is 1. The molecule has 0 unspecified atom stereocenters. The number of carbonyl (C=O) groups is 1. The molecule has 1 aliphatic heterocycles. The number of piperazine rings is 1. The molecule has 0 aromatic carbocycles. The van der Waals surface area contributed by atoms with Crippen LogP contribution in [0.5, 0.6) is 5.88 Å². The SMILES string of the molecule is COc1cncc(C(=O)N2CCN(c3ccc(C#N)cn3)CC2)n1. The first-order valence-corrected chi connectivity index (χ1v) is 7.47. The van der Waals surface area contributed by atoms with Crippen molar-refractivity contribution in [1.29, 1.82) is 5.26 Å². The van der Waals surface area contributed by atoms with Crippen LogP contribution in [0.4, 0.5) is 5.82 Å². The van der Waals surface area contributed by atoms with Crippen LogP contribution in [0.3, 0.4) is 0 Å². The number of rotatable bonds is 3. The van der Waals surface area contributed by atoms with Gasteiger partial charge in [-0.1, -0.05) is 0 Å². The van der Waals surface area contributed by atoms with Crippen LogP contribution in [0.25, 0.3) is 0 Å². The summed E-state index contributed by atoms with van der Waals surface area (Å²) in [5.41, 5.74) is 0.809. The van der Waals surface area contributed by atoms with Gasteiger partial charge in [-0.3, -0.25) is 9.78 Å². The van der Waals surface area contributed by atoms with E-state index in [4.69, 9.17) is 10.00 Å². The molecule has 2 aromatic heterocycles. The lowest BCUT2D eigenvalue weighted by molar-refractivity contribution is 0.0739. The van der Waals surface area contributed by atoms with Crippen LogP contribution in [0.1, 0.15) is 16.1 Å². The van der Waals surface area contributed by atoms with Gasteiger partial charge in [0.2, 0.25) is 5.88 Å². The summed E-state index contributed by atoms with van der Waals surface area (Å²) in [6.07, 6.45) is 4.46. The van der Waals surface area contributed by atoms with Crippen LogP contribution in [0.2, 0.25) is 0 Å². The van der Waals surface area contributed by atoms with Gasteiger partial charge in [-0.15, -0.1) is 0 Å². The van der Waals surface area contributed by atoms with Gasteiger partial charge in [0.15, 0.2) is 5.69 Å². The number of carbonyl (C=O) groups excluding carboxylic acids is 1. The Kier molecular flexibility index (Phi) is 4.52. The van der Waals surface area contributed by atoms with Gasteiger partial charge in [0.05, 0.1) is 25.1 Å². The Hall–Kier alpha value is -3.21. The normalized spacial score (nSPS) is 14.2. The molecule has 0 radical (unpaired) electrons. The Bertz CT molecular complexity index is 763. The number of nitriles is 1. The molecule has 122 valence electrons. The minimum Gasteiger partial charge on any atom is -0.480 e. The summed E-state index contributed by atoms with van der Waals surface area (Å²) in [6.45, 7) is 2.48. The molecule has 24 heavy (non-hydrogen) atoms. The highest BCUT2D eigenvalue weighted by Crippen LogP contribution is 2.15. The summed E-state index contributed by atoms with van der Waals surface area (Å²) in [7, 11) is 1.49. The van der Waals surface area contributed by atoms with Crippen molar-refractivity contribution in [2.45, 2.75) is 0 Å². The molecule has 3 rings (SSSR count). The minimum absolute atomic E-state index is 0.158. The first kappa shape index (κ1) is 15.7. The molecule has 0 bridgehead atoms. The van der Waals surface area contributed by atoms with Crippen LogP contribution in [0, 0.1) is 11.3 Å². The van der Waals surface area contributed by atoms with E-state index in [0.29, 0.717) is 37.6 Å². The number of hydrogen-bond donors (Lipinski definition) is 0. The molecule has 0 saturated carbocycles. The average molecular weight is 324 g/mol. The van der Waals surface area contributed by atoms with Crippen molar-refractivity contribution in [3.63, 3.8) is 0 Å². The number of hydrogen-bond acceptors (Lipinski definition) is 7. The summed E-state index contributed by atoms with van der Waals surface area (Å²) in [5, 5.41) is 8.81. The van der Waals surface area contributed by atoms with Crippen molar-refractivity contribution < 1.29 is 9.53 Å². The third kappa shape index (κ3) is 3.25. The Balaban J connectivity index is 1.63. The van der Waals surface area contributed by atoms with Gasteiger partial charge in [-0.25, -0.2) is 9.97 Å². The first-order chi connectivity index (χ1) is 11.7. The number of ether oxygens (including phenoxy) is 1. The van der Waals surface area contributed by atoms with Gasteiger partial charge in [-0.2, -0.15) is 5.26 Å². The van der Waals surface area contributed by atoms with Crippen LogP contribution in [0.15, 0.2) is 30.7 Å². The smallest absolute Gasteiger partial charge is 0.274 e. The Morgan fingerprint density at radius 2 is 2.00 bits per heavy atom. The monoisotopic (exact) mass is 324 g/mol. The largest absolute Gasteiger partial charge is 0.480 e. The number of anilines is 1. The highest BCUT2D eigenvalue weighted by Gasteiger charge is 2.24. The molecular weight excluding hydrogens is 308 g/mol. The number of amides is 1. The summed E-state index contributed by atoms with van der Waals surface area (Å²) in [4.78, 5) is 28.7. The van der Waals surface area contributed by atoms with Gasteiger partial charge >= 0.3 is 0 Å². The second-order valence-electron chi connectivity index (χ2n) is 5.24. The number of nitrogens with zero attached hydrogens (tertiary/aromatic N) is 6. The molecule has 0 N–H and O–H groups in total. The van der Waals surface area contributed by atoms with E-state index in [0.717, 1.165) is 5.82 Å². The van der Waals surface area contributed by atoms with E-state index in [1.54, 1.807) is 17.2 Å². The summed E-state index contributed by atoms with van der Waals surface area (Å²) in [5.74, 6) is 0.970. The van der Waals surface area contributed by atoms with Gasteiger partial charge in [0.1, 0.15) is 11.9 Å². The van der Waals surface area contributed by atoms with Crippen molar-refractivity contribution in [2.24, 2.45) is 0 Å². The molecule has 1 amide bonds. The number of aromatic nitrogens is 3. The van der Waals surface area contributed by atoms with Gasteiger partial charge in [0, 0.05) is 32.4 Å². The maximum atomic E-state index is 12.5. The Labute approximate surface area is 139 Å². The van der Waals surface area contributed by atoms with Crippen molar-refractivity contribution in [3.8, 4) is 11.9 Å². The molecule has 3 heterocycles. The summed E-state index contributed by atoms with van der Waals surface area (Å²) >= 11 is 0. The molecular formula is C16H16N6O2. The number of methoxy groups -OCH3 is 1. The second-order valence-corrected chi connectivity index (χ2v) is 5.24. The second kappa shape index (κ2) is 6.91. The quantitative estimate of drug-likeness (QED) is 0.820. The van der Waals surface area contributed by atoms with E-state index >= 15 is 0 Å². The van der Waals surface area contributed by atoms with E-state index in [-0.39, 0.29) is 11.6 Å². The van der Waals surface area contributed by atoms with Gasteiger partial charge < -0.3 is 14.5 Å². The lowest BCUT2D eigenvalue weighted by Gasteiger charge is -2.35. The van der Waals surface area contributed by atoms with Crippen LogP contribution in [-0.2, 0) is 0 Å². The standard InChI is InChI=1S/C16H16N6O2/c1-24-15-11-18-10-13(20-15)16(23)22-6-4-21(5-7-22)14-3-2-12(8-17)9-19-14/h2-3,9-11H,4-7H2,1H3. The maximum absolute atomic E-state index is 12.5. The third-order valence-electron chi connectivity index (χ3n) is 3.81. The van der Waals surface area contributed by atoms with Crippen molar-refractivity contribution in [3.05, 3.63) is 42.0 Å². The zero-order valence-electron chi connectivity index (χ0n) is 13.2. The van der Waals surface area contributed by atoms with Crippen molar-refractivity contribution in [1.82, 2.24) is 19.9 Å². The van der Waals surface area contributed by atoms with E-state index in [9.17, 15) is 4.79 Å². The van der Waals surface area contributed by atoms with Crippen molar-refractivity contribution in [2.75, 3.05) is 38.2 Å². The Morgan fingerprint density at radius 3 is 2.62 bits per heavy atom. The average Bonchev–Trinajstić information content (AvgIpc) is 2.67. The van der Waals surface area contributed by atoms with Crippen LogP contribution in [-0.4, -0.2) is 59.0 Å². The molecule has 0 spiro atoms. The zero-order valence-corrected chi connectivity index (χ0v) is 13.2. The lowest BCUT2D eigenvalue weighted by Crippen LogP contribution is -2.49. The van der Waals surface area contributed by atoms with E-state index in [1.165, 1.54) is 19.5 Å². The van der Waals surface area contributed by atoms with E-state index in [1.807, 2.05) is 12.1 Å². The molecule has 1 aliphatic rings. The summed E-state index contributed by atoms with van der Waals surface area (Å²) < 4.78 is 5.00. The summed E-state index contributed by atoms with van der Waals surface area (Å²) in [6, 6.07) is 5.61. The Morgan fingerprint density at radius 1 is 1.21 bits per heavy atom. The topological polar surface area (TPSA) is 95.2 Å². The fourth-order valence-corrected chi connectivity index (χ4v) is 2.49. The highest BCUT2D eigenvalue weighted by molar-refractivity contribution is 5.92.